The van der Waals surface area contributed by atoms with Crippen molar-refractivity contribution in [1.82, 2.24) is 14.2 Å². The second kappa shape index (κ2) is 6.42. The van der Waals surface area contributed by atoms with Crippen LogP contribution in [0.2, 0.25) is 0 Å². The molecule has 1 aliphatic rings. The van der Waals surface area contributed by atoms with E-state index in [-0.39, 0.29) is 10.8 Å². The number of rotatable bonds is 2. The zero-order valence-corrected chi connectivity index (χ0v) is 15.5. The molecule has 0 aliphatic carbocycles. The first-order valence-electron chi connectivity index (χ1n) is 8.32. The molecule has 0 radical (unpaired) electrons. The average Bonchev–Trinajstić information content (AvgIpc) is 2.87. The monoisotopic (exact) mass is 365 g/mol. The molecule has 2 aromatic rings. The van der Waals surface area contributed by atoms with E-state index in [9.17, 15) is 13.2 Å². The summed E-state index contributed by atoms with van der Waals surface area (Å²) in [5.41, 5.74) is 0.600. The SMILES string of the molecule is CC(C)(C)C(=O)N1CCCN(S(=O)(=O)c2ccc3ncoc3c2)CC1. The Morgan fingerprint density at radius 3 is 2.64 bits per heavy atom. The number of carbonyl (C=O) groups is 1. The number of carbonyl (C=O) groups excluding carboxylic acids is 1. The van der Waals surface area contributed by atoms with E-state index in [0.29, 0.717) is 43.7 Å². The predicted octanol–water partition coefficient (Wildman–Crippen LogP) is 2.10. The smallest absolute Gasteiger partial charge is 0.243 e. The molecule has 1 saturated heterocycles. The van der Waals surface area contributed by atoms with Crippen molar-refractivity contribution in [3.05, 3.63) is 24.6 Å². The highest BCUT2D eigenvalue weighted by molar-refractivity contribution is 7.89. The lowest BCUT2D eigenvalue weighted by Crippen LogP contribution is -2.42. The summed E-state index contributed by atoms with van der Waals surface area (Å²) in [5.74, 6) is 0.0508. The summed E-state index contributed by atoms with van der Waals surface area (Å²) in [6, 6.07) is 4.68. The number of oxazole rings is 1. The number of amides is 1. The first-order chi connectivity index (χ1) is 11.7. The molecule has 1 aliphatic heterocycles. The molecule has 25 heavy (non-hydrogen) atoms. The number of hydrogen-bond acceptors (Lipinski definition) is 5. The Kier molecular flexibility index (Phi) is 4.59. The van der Waals surface area contributed by atoms with Gasteiger partial charge in [0.2, 0.25) is 15.9 Å². The number of hydrogen-bond donors (Lipinski definition) is 0. The Balaban J connectivity index is 1.80. The Morgan fingerprint density at radius 1 is 1.16 bits per heavy atom. The van der Waals surface area contributed by atoms with E-state index in [0.717, 1.165) is 0 Å². The fourth-order valence-electron chi connectivity index (χ4n) is 2.96. The van der Waals surface area contributed by atoms with E-state index >= 15 is 0 Å². The van der Waals surface area contributed by atoms with Gasteiger partial charge in [0.1, 0.15) is 5.52 Å². The van der Waals surface area contributed by atoms with Crippen LogP contribution in [-0.2, 0) is 14.8 Å². The third-order valence-corrected chi connectivity index (χ3v) is 6.22. The maximum atomic E-state index is 12.9. The van der Waals surface area contributed by atoms with Crippen molar-refractivity contribution in [2.45, 2.75) is 32.1 Å². The van der Waals surface area contributed by atoms with Gasteiger partial charge in [-0.05, 0) is 18.6 Å². The highest BCUT2D eigenvalue weighted by Crippen LogP contribution is 2.24. The molecule has 7 nitrogen and oxygen atoms in total. The van der Waals surface area contributed by atoms with E-state index in [2.05, 4.69) is 4.98 Å². The minimum absolute atomic E-state index is 0.0508. The van der Waals surface area contributed by atoms with Gasteiger partial charge in [-0.1, -0.05) is 20.8 Å². The Bertz CT molecular complexity index is 883. The van der Waals surface area contributed by atoms with Crippen molar-refractivity contribution in [3.8, 4) is 0 Å². The van der Waals surface area contributed by atoms with Gasteiger partial charge in [0.25, 0.3) is 0 Å². The molecule has 1 aromatic carbocycles. The normalized spacial score (nSPS) is 17.6. The van der Waals surface area contributed by atoms with Gasteiger partial charge in [0, 0.05) is 37.7 Å². The van der Waals surface area contributed by atoms with Crippen LogP contribution in [0.3, 0.4) is 0 Å². The van der Waals surface area contributed by atoms with Crippen molar-refractivity contribution in [2.24, 2.45) is 5.41 Å². The lowest BCUT2D eigenvalue weighted by atomic mass is 9.94. The molecule has 3 rings (SSSR count). The van der Waals surface area contributed by atoms with Gasteiger partial charge in [-0.15, -0.1) is 0 Å². The van der Waals surface area contributed by atoms with Gasteiger partial charge in [-0.25, -0.2) is 13.4 Å². The van der Waals surface area contributed by atoms with Crippen LogP contribution in [0.25, 0.3) is 11.1 Å². The second-order valence-corrected chi connectivity index (χ2v) is 9.22. The Hall–Kier alpha value is -1.93. The summed E-state index contributed by atoms with van der Waals surface area (Å²) in [5, 5.41) is 0. The van der Waals surface area contributed by atoms with Crippen molar-refractivity contribution in [1.29, 1.82) is 0 Å². The summed E-state index contributed by atoms with van der Waals surface area (Å²) in [4.78, 5) is 18.4. The van der Waals surface area contributed by atoms with Gasteiger partial charge in [0.05, 0.1) is 4.90 Å². The molecule has 1 aromatic heterocycles. The Labute approximate surface area is 147 Å². The van der Waals surface area contributed by atoms with Gasteiger partial charge in [-0.3, -0.25) is 4.79 Å². The van der Waals surface area contributed by atoms with Crippen LogP contribution in [-0.4, -0.2) is 54.7 Å². The van der Waals surface area contributed by atoms with Crippen molar-refractivity contribution < 1.29 is 17.6 Å². The summed E-state index contributed by atoms with van der Waals surface area (Å²) in [6.45, 7) is 7.29. The molecule has 0 spiro atoms. The van der Waals surface area contributed by atoms with Gasteiger partial charge in [0.15, 0.2) is 12.0 Å². The minimum Gasteiger partial charge on any atom is -0.443 e. The van der Waals surface area contributed by atoms with Crippen LogP contribution in [0.1, 0.15) is 27.2 Å². The molecule has 2 heterocycles. The van der Waals surface area contributed by atoms with Crippen LogP contribution >= 0.6 is 0 Å². The fourth-order valence-corrected chi connectivity index (χ4v) is 4.44. The molecule has 1 amide bonds. The number of aromatic nitrogens is 1. The Morgan fingerprint density at radius 2 is 1.92 bits per heavy atom. The largest absolute Gasteiger partial charge is 0.443 e. The van der Waals surface area contributed by atoms with Gasteiger partial charge in [-0.2, -0.15) is 4.31 Å². The lowest BCUT2D eigenvalue weighted by Gasteiger charge is -2.28. The molecule has 136 valence electrons. The first kappa shape index (κ1) is 17.9. The molecule has 0 N–H and O–H groups in total. The molecule has 1 fully saturated rings. The van der Waals surface area contributed by atoms with Crippen LogP contribution in [0.4, 0.5) is 0 Å². The summed E-state index contributed by atoms with van der Waals surface area (Å²) in [7, 11) is -3.63. The van der Waals surface area contributed by atoms with Crippen LogP contribution < -0.4 is 0 Å². The van der Waals surface area contributed by atoms with Crippen LogP contribution in [0, 0.1) is 5.41 Å². The number of fused-ring (bicyclic) bond motifs is 1. The molecular weight excluding hydrogens is 342 g/mol. The molecule has 8 heteroatoms. The molecule has 0 bridgehead atoms. The topological polar surface area (TPSA) is 83.7 Å². The van der Waals surface area contributed by atoms with Gasteiger partial charge < -0.3 is 9.32 Å². The predicted molar refractivity (Wildman–Crippen MR) is 93.4 cm³/mol. The van der Waals surface area contributed by atoms with Crippen molar-refractivity contribution >= 4 is 27.0 Å². The first-order valence-corrected chi connectivity index (χ1v) is 9.76. The van der Waals surface area contributed by atoms with E-state index < -0.39 is 15.4 Å². The third-order valence-electron chi connectivity index (χ3n) is 4.32. The van der Waals surface area contributed by atoms with Crippen molar-refractivity contribution in [2.75, 3.05) is 26.2 Å². The third kappa shape index (κ3) is 3.55. The van der Waals surface area contributed by atoms with Gasteiger partial charge >= 0.3 is 0 Å². The zero-order valence-electron chi connectivity index (χ0n) is 14.7. The quantitative estimate of drug-likeness (QED) is 0.814. The van der Waals surface area contributed by atoms with E-state index in [1.165, 1.54) is 16.8 Å². The van der Waals surface area contributed by atoms with Crippen LogP contribution in [0.15, 0.2) is 33.9 Å². The van der Waals surface area contributed by atoms with E-state index in [1.807, 2.05) is 20.8 Å². The maximum absolute atomic E-state index is 12.9. The summed E-state index contributed by atoms with van der Waals surface area (Å²) < 4.78 is 32.5. The summed E-state index contributed by atoms with van der Waals surface area (Å²) >= 11 is 0. The highest BCUT2D eigenvalue weighted by atomic mass is 32.2. The average molecular weight is 365 g/mol. The van der Waals surface area contributed by atoms with E-state index in [4.69, 9.17) is 4.42 Å². The van der Waals surface area contributed by atoms with Crippen molar-refractivity contribution in [3.63, 3.8) is 0 Å². The van der Waals surface area contributed by atoms with E-state index in [1.54, 1.807) is 17.0 Å². The lowest BCUT2D eigenvalue weighted by molar-refractivity contribution is -0.139. The maximum Gasteiger partial charge on any atom is 0.243 e. The number of nitrogens with zero attached hydrogens (tertiary/aromatic N) is 3. The molecule has 0 unspecified atom stereocenters. The fraction of sp³-hybridized carbons (Fsp3) is 0.529. The highest BCUT2D eigenvalue weighted by Gasteiger charge is 2.32. The molecule has 0 atom stereocenters. The summed E-state index contributed by atoms with van der Waals surface area (Å²) in [6.07, 6.45) is 1.91. The standard InChI is InChI=1S/C17H23N3O4S/c1-17(2,3)16(21)19-7-4-8-20(10-9-19)25(22,23)13-5-6-14-15(11-13)24-12-18-14/h5-6,11-12H,4,7-10H2,1-3H3. The number of sulfonamides is 1. The van der Waals surface area contributed by atoms with Crippen LogP contribution in [0.5, 0.6) is 0 Å². The molecular formula is C17H23N3O4S. The minimum atomic E-state index is -3.63. The molecule has 0 saturated carbocycles. The zero-order chi connectivity index (χ0) is 18.2. The number of benzene rings is 1. The second-order valence-electron chi connectivity index (χ2n) is 7.28.